The molecule has 3 aromatic rings. The Labute approximate surface area is 179 Å². The lowest BCUT2D eigenvalue weighted by Crippen LogP contribution is -2.20. The Balaban J connectivity index is 1.49. The van der Waals surface area contributed by atoms with Crippen LogP contribution in [0.4, 0.5) is 5.69 Å². The van der Waals surface area contributed by atoms with Gasteiger partial charge in [-0.25, -0.2) is 9.59 Å². The van der Waals surface area contributed by atoms with E-state index in [1.807, 2.05) is 37.3 Å². The Hall–Kier alpha value is -4.00. The number of benzene rings is 2. The normalized spacial score (nSPS) is 10.7. The molecule has 0 unspecified atom stereocenters. The second kappa shape index (κ2) is 10.7. The van der Waals surface area contributed by atoms with E-state index in [-0.39, 0.29) is 0 Å². The van der Waals surface area contributed by atoms with Gasteiger partial charge in [-0.2, -0.15) is 0 Å². The van der Waals surface area contributed by atoms with Gasteiger partial charge in [0.1, 0.15) is 0 Å². The number of hydrogen-bond donors (Lipinski definition) is 1. The molecule has 1 N–H and O–H groups in total. The number of pyridine rings is 1. The van der Waals surface area contributed by atoms with Crippen molar-refractivity contribution in [1.29, 1.82) is 0 Å². The van der Waals surface area contributed by atoms with E-state index in [0.29, 0.717) is 17.9 Å². The Morgan fingerprint density at radius 2 is 1.77 bits per heavy atom. The van der Waals surface area contributed by atoms with E-state index < -0.39 is 24.5 Å². The predicted octanol–water partition coefficient (Wildman–Crippen LogP) is 4.00. The van der Waals surface area contributed by atoms with Crippen LogP contribution in [-0.4, -0.2) is 36.0 Å². The Morgan fingerprint density at radius 1 is 1.00 bits per heavy atom. The van der Waals surface area contributed by atoms with E-state index >= 15 is 0 Å². The number of carbonyl (C=O) groups excluding carboxylic acids is 3. The minimum atomic E-state index is -0.642. The third-order valence-corrected chi connectivity index (χ3v) is 4.25. The van der Waals surface area contributed by atoms with Crippen LogP contribution in [0.1, 0.15) is 29.3 Å². The molecule has 7 nitrogen and oxygen atoms in total. The highest BCUT2D eigenvalue weighted by atomic mass is 16.5. The molecule has 0 fully saturated rings. The van der Waals surface area contributed by atoms with Crippen LogP contribution in [0.2, 0.25) is 0 Å². The lowest BCUT2D eigenvalue weighted by Gasteiger charge is -2.07. The first-order valence-electron chi connectivity index (χ1n) is 9.82. The van der Waals surface area contributed by atoms with Crippen molar-refractivity contribution >= 4 is 40.5 Å². The van der Waals surface area contributed by atoms with Crippen LogP contribution in [0.3, 0.4) is 0 Å². The van der Waals surface area contributed by atoms with Gasteiger partial charge in [0, 0.05) is 28.9 Å². The van der Waals surface area contributed by atoms with Crippen LogP contribution >= 0.6 is 0 Å². The molecule has 0 saturated heterocycles. The molecular weight excluding hydrogens is 396 g/mol. The third kappa shape index (κ3) is 6.24. The van der Waals surface area contributed by atoms with Crippen molar-refractivity contribution in [1.82, 2.24) is 4.98 Å². The van der Waals surface area contributed by atoms with Crippen molar-refractivity contribution in [2.75, 3.05) is 18.5 Å². The lowest BCUT2D eigenvalue weighted by atomic mass is 10.1. The molecule has 0 aliphatic carbocycles. The summed E-state index contributed by atoms with van der Waals surface area (Å²) in [7, 11) is 0. The van der Waals surface area contributed by atoms with Gasteiger partial charge in [-0.3, -0.25) is 9.78 Å². The highest BCUT2D eigenvalue weighted by Crippen LogP contribution is 2.17. The van der Waals surface area contributed by atoms with Gasteiger partial charge < -0.3 is 14.8 Å². The fourth-order valence-electron chi connectivity index (χ4n) is 2.77. The summed E-state index contributed by atoms with van der Waals surface area (Å²) in [6.07, 6.45) is 5.29. The highest BCUT2D eigenvalue weighted by Gasteiger charge is 2.09. The van der Waals surface area contributed by atoms with Crippen molar-refractivity contribution in [3.05, 3.63) is 78.0 Å². The third-order valence-electron chi connectivity index (χ3n) is 4.25. The summed E-state index contributed by atoms with van der Waals surface area (Å²) in [4.78, 5) is 40.1. The average molecular weight is 418 g/mol. The van der Waals surface area contributed by atoms with Crippen LogP contribution in [0.5, 0.6) is 0 Å². The number of esters is 2. The molecular formula is C24H22N2O5. The van der Waals surface area contributed by atoms with Gasteiger partial charge >= 0.3 is 11.9 Å². The first-order valence-corrected chi connectivity index (χ1v) is 9.82. The number of carbonyl (C=O) groups is 3. The minimum absolute atomic E-state index is 0.355. The number of para-hydroxylation sites is 1. The Bertz CT molecular complexity index is 1100. The maximum Gasteiger partial charge on any atom is 0.338 e. The summed E-state index contributed by atoms with van der Waals surface area (Å²) in [5.74, 6) is -1.55. The van der Waals surface area contributed by atoms with Crippen LogP contribution in [-0.2, 0) is 19.1 Å². The van der Waals surface area contributed by atoms with Gasteiger partial charge in [0.2, 0.25) is 0 Å². The number of fused-ring (bicyclic) bond motifs is 1. The second-order valence-electron chi connectivity index (χ2n) is 6.62. The van der Waals surface area contributed by atoms with Crippen molar-refractivity contribution in [3.8, 4) is 0 Å². The fraction of sp³-hybridized carbons (Fsp3) is 0.167. The number of rotatable bonds is 8. The topological polar surface area (TPSA) is 94.6 Å². The summed E-state index contributed by atoms with van der Waals surface area (Å²) in [5.41, 5.74) is 2.42. The molecule has 1 heterocycles. The first kappa shape index (κ1) is 21.7. The molecule has 2 aromatic carbocycles. The van der Waals surface area contributed by atoms with Crippen LogP contribution < -0.4 is 5.32 Å². The summed E-state index contributed by atoms with van der Waals surface area (Å²) in [6.45, 7) is 1.83. The number of ether oxygens (including phenoxy) is 2. The van der Waals surface area contributed by atoms with E-state index in [4.69, 9.17) is 9.47 Å². The zero-order chi connectivity index (χ0) is 22.1. The first-order chi connectivity index (χ1) is 15.1. The largest absolute Gasteiger partial charge is 0.462 e. The summed E-state index contributed by atoms with van der Waals surface area (Å²) in [6, 6.07) is 15.7. The van der Waals surface area contributed by atoms with Crippen molar-refractivity contribution in [2.24, 2.45) is 0 Å². The van der Waals surface area contributed by atoms with Gasteiger partial charge in [-0.05, 0) is 42.8 Å². The minimum Gasteiger partial charge on any atom is -0.462 e. The standard InChI is InChI=1S/C24H22N2O5/c1-2-15-30-24(29)19-8-11-20(12-9-19)26-21(27)16-31-22(28)13-10-18-6-3-5-17-7-4-14-25-23(17)18/h3-14H,2,15-16H2,1H3,(H,26,27). The Morgan fingerprint density at radius 3 is 2.55 bits per heavy atom. The molecule has 0 saturated carbocycles. The molecule has 0 radical (unpaired) electrons. The number of aromatic nitrogens is 1. The van der Waals surface area contributed by atoms with Crippen molar-refractivity contribution < 1.29 is 23.9 Å². The lowest BCUT2D eigenvalue weighted by molar-refractivity contribution is -0.142. The van der Waals surface area contributed by atoms with E-state index in [2.05, 4.69) is 10.3 Å². The molecule has 7 heteroatoms. The number of anilines is 1. The maximum atomic E-state index is 12.0. The molecule has 31 heavy (non-hydrogen) atoms. The molecule has 0 bridgehead atoms. The van der Waals surface area contributed by atoms with Crippen LogP contribution in [0, 0.1) is 0 Å². The van der Waals surface area contributed by atoms with Crippen LogP contribution in [0.15, 0.2) is 66.9 Å². The van der Waals surface area contributed by atoms with Gasteiger partial charge in [0.05, 0.1) is 17.7 Å². The van der Waals surface area contributed by atoms with Gasteiger partial charge in [0.15, 0.2) is 6.61 Å². The van der Waals surface area contributed by atoms with Crippen molar-refractivity contribution in [3.63, 3.8) is 0 Å². The van der Waals surface area contributed by atoms with Gasteiger partial charge in [-0.15, -0.1) is 0 Å². The van der Waals surface area contributed by atoms with Gasteiger partial charge in [-0.1, -0.05) is 31.2 Å². The van der Waals surface area contributed by atoms with E-state index in [1.54, 1.807) is 36.5 Å². The molecule has 0 spiro atoms. The zero-order valence-corrected chi connectivity index (χ0v) is 17.0. The summed E-state index contributed by atoms with van der Waals surface area (Å²) < 4.78 is 10.0. The number of amides is 1. The molecule has 158 valence electrons. The predicted molar refractivity (Wildman–Crippen MR) is 117 cm³/mol. The van der Waals surface area contributed by atoms with E-state index in [9.17, 15) is 14.4 Å². The summed E-state index contributed by atoms with van der Waals surface area (Å²) >= 11 is 0. The number of nitrogens with zero attached hydrogens (tertiary/aromatic N) is 1. The number of hydrogen-bond acceptors (Lipinski definition) is 6. The summed E-state index contributed by atoms with van der Waals surface area (Å²) in [5, 5.41) is 3.56. The smallest absolute Gasteiger partial charge is 0.338 e. The molecule has 0 atom stereocenters. The monoisotopic (exact) mass is 418 g/mol. The van der Waals surface area contributed by atoms with E-state index in [1.165, 1.54) is 6.08 Å². The van der Waals surface area contributed by atoms with Crippen LogP contribution in [0.25, 0.3) is 17.0 Å². The molecule has 0 aliphatic heterocycles. The van der Waals surface area contributed by atoms with Gasteiger partial charge in [0.25, 0.3) is 5.91 Å². The zero-order valence-electron chi connectivity index (χ0n) is 17.0. The fourth-order valence-corrected chi connectivity index (χ4v) is 2.77. The second-order valence-corrected chi connectivity index (χ2v) is 6.62. The SMILES string of the molecule is CCCOC(=O)c1ccc(NC(=O)COC(=O)C=Cc2cccc3cccnc23)cc1. The molecule has 0 aliphatic rings. The average Bonchev–Trinajstić information content (AvgIpc) is 2.80. The quantitative estimate of drug-likeness (QED) is 0.439. The molecule has 1 aromatic heterocycles. The van der Waals surface area contributed by atoms with E-state index in [0.717, 1.165) is 22.9 Å². The Kier molecular flexibility index (Phi) is 7.48. The highest BCUT2D eigenvalue weighted by molar-refractivity contribution is 5.96. The molecule has 3 rings (SSSR count). The maximum absolute atomic E-state index is 12.0. The van der Waals surface area contributed by atoms with Crippen molar-refractivity contribution in [2.45, 2.75) is 13.3 Å². The number of nitrogens with one attached hydrogen (secondary N) is 1. The molecule has 1 amide bonds.